The highest BCUT2D eigenvalue weighted by atomic mass is 32.1. The van der Waals surface area contributed by atoms with Gasteiger partial charge in [-0.2, -0.15) is 0 Å². The SMILES string of the molecule is CN(C)Cc1nc(NC2CCCCNC2=O)c2c(-c3ccccc3)csc2n1. The largest absolute Gasteiger partial charge is 0.358 e. The lowest BCUT2D eigenvalue weighted by Gasteiger charge is -2.18. The molecular formula is C21H25N5OS. The highest BCUT2D eigenvalue weighted by Crippen LogP contribution is 2.37. The summed E-state index contributed by atoms with van der Waals surface area (Å²) in [5.41, 5.74) is 2.24. The van der Waals surface area contributed by atoms with Crippen molar-refractivity contribution in [3.63, 3.8) is 0 Å². The molecular weight excluding hydrogens is 370 g/mol. The molecule has 1 aliphatic rings. The summed E-state index contributed by atoms with van der Waals surface area (Å²) in [6, 6.07) is 10.0. The number of carbonyl (C=O) groups is 1. The average Bonchev–Trinajstić information content (AvgIpc) is 3.00. The van der Waals surface area contributed by atoms with E-state index < -0.39 is 0 Å². The van der Waals surface area contributed by atoms with Crippen molar-refractivity contribution in [1.82, 2.24) is 20.2 Å². The Balaban J connectivity index is 1.80. The number of hydrogen-bond donors (Lipinski definition) is 2. The molecule has 4 rings (SSSR count). The first-order chi connectivity index (χ1) is 13.6. The maximum Gasteiger partial charge on any atom is 0.242 e. The van der Waals surface area contributed by atoms with Crippen LogP contribution in [0.3, 0.4) is 0 Å². The number of nitrogens with zero attached hydrogens (tertiary/aromatic N) is 3. The Kier molecular flexibility index (Phi) is 5.54. The van der Waals surface area contributed by atoms with E-state index >= 15 is 0 Å². The van der Waals surface area contributed by atoms with Gasteiger partial charge >= 0.3 is 0 Å². The van der Waals surface area contributed by atoms with Crippen LogP contribution in [0.4, 0.5) is 5.82 Å². The summed E-state index contributed by atoms with van der Waals surface area (Å²) < 4.78 is 0. The zero-order chi connectivity index (χ0) is 19.5. The predicted octanol–water partition coefficient (Wildman–Crippen LogP) is 3.50. The number of nitrogens with one attached hydrogen (secondary N) is 2. The minimum atomic E-state index is -0.267. The van der Waals surface area contributed by atoms with Crippen LogP contribution in [0.15, 0.2) is 35.7 Å². The summed E-state index contributed by atoms with van der Waals surface area (Å²) in [6.45, 7) is 1.40. The summed E-state index contributed by atoms with van der Waals surface area (Å²) in [7, 11) is 4.01. The number of fused-ring (bicyclic) bond motifs is 1. The van der Waals surface area contributed by atoms with Crippen molar-refractivity contribution in [3.05, 3.63) is 41.5 Å². The van der Waals surface area contributed by atoms with E-state index in [2.05, 4.69) is 33.0 Å². The van der Waals surface area contributed by atoms with Crippen LogP contribution >= 0.6 is 11.3 Å². The van der Waals surface area contributed by atoms with Gasteiger partial charge < -0.3 is 15.5 Å². The third-order valence-corrected chi connectivity index (χ3v) is 5.74. The maximum absolute atomic E-state index is 12.5. The number of anilines is 1. The van der Waals surface area contributed by atoms with Gasteiger partial charge in [-0.3, -0.25) is 4.79 Å². The zero-order valence-electron chi connectivity index (χ0n) is 16.2. The lowest BCUT2D eigenvalue weighted by molar-refractivity contribution is -0.121. The minimum absolute atomic E-state index is 0.0508. The topological polar surface area (TPSA) is 70.2 Å². The third kappa shape index (κ3) is 4.00. The Morgan fingerprint density at radius 3 is 2.82 bits per heavy atom. The smallest absolute Gasteiger partial charge is 0.242 e. The van der Waals surface area contributed by atoms with Gasteiger partial charge in [0.05, 0.1) is 11.9 Å². The number of amides is 1. The molecule has 1 amide bonds. The van der Waals surface area contributed by atoms with Gasteiger partial charge in [0.1, 0.15) is 22.5 Å². The Hall–Kier alpha value is -2.51. The van der Waals surface area contributed by atoms with Gasteiger partial charge in [-0.1, -0.05) is 30.3 Å². The predicted molar refractivity (Wildman–Crippen MR) is 115 cm³/mol. The van der Waals surface area contributed by atoms with Crippen LogP contribution < -0.4 is 10.6 Å². The second-order valence-electron chi connectivity index (χ2n) is 7.41. The molecule has 0 bridgehead atoms. The number of hydrogen-bond acceptors (Lipinski definition) is 6. The van der Waals surface area contributed by atoms with Crippen molar-refractivity contribution in [1.29, 1.82) is 0 Å². The van der Waals surface area contributed by atoms with E-state index in [4.69, 9.17) is 9.97 Å². The van der Waals surface area contributed by atoms with E-state index in [1.807, 2.05) is 32.3 Å². The Bertz CT molecular complexity index is 970. The quantitative estimate of drug-likeness (QED) is 0.692. The minimum Gasteiger partial charge on any atom is -0.358 e. The molecule has 2 aromatic heterocycles. The molecule has 3 heterocycles. The first-order valence-electron chi connectivity index (χ1n) is 9.64. The van der Waals surface area contributed by atoms with Crippen molar-refractivity contribution in [2.75, 3.05) is 26.0 Å². The molecule has 0 aliphatic carbocycles. The third-order valence-electron chi connectivity index (χ3n) is 4.87. The molecule has 7 heteroatoms. The number of carbonyl (C=O) groups excluding carboxylic acids is 1. The van der Waals surface area contributed by atoms with Crippen LogP contribution in [0.5, 0.6) is 0 Å². The number of aromatic nitrogens is 2. The molecule has 0 saturated carbocycles. The summed E-state index contributed by atoms with van der Waals surface area (Å²) in [6.07, 6.45) is 2.85. The summed E-state index contributed by atoms with van der Waals surface area (Å²) in [5, 5.41) is 9.58. The van der Waals surface area contributed by atoms with Crippen LogP contribution in [0, 0.1) is 0 Å². The van der Waals surface area contributed by atoms with Crippen LogP contribution in [0.1, 0.15) is 25.1 Å². The highest BCUT2D eigenvalue weighted by molar-refractivity contribution is 7.17. The maximum atomic E-state index is 12.5. The van der Waals surface area contributed by atoms with Crippen molar-refractivity contribution in [2.24, 2.45) is 0 Å². The van der Waals surface area contributed by atoms with Gasteiger partial charge in [-0.15, -0.1) is 11.3 Å². The fourth-order valence-electron chi connectivity index (χ4n) is 3.52. The number of thiophene rings is 1. The molecule has 1 unspecified atom stereocenters. The second kappa shape index (κ2) is 8.24. The van der Waals surface area contributed by atoms with Crippen LogP contribution in [-0.2, 0) is 11.3 Å². The first-order valence-corrected chi connectivity index (χ1v) is 10.5. The average molecular weight is 396 g/mol. The molecule has 1 atom stereocenters. The van der Waals surface area contributed by atoms with Gasteiger partial charge in [-0.05, 0) is 38.9 Å². The van der Waals surface area contributed by atoms with E-state index in [1.54, 1.807) is 11.3 Å². The monoisotopic (exact) mass is 395 g/mol. The van der Waals surface area contributed by atoms with E-state index in [-0.39, 0.29) is 11.9 Å². The zero-order valence-corrected chi connectivity index (χ0v) is 17.1. The fourth-order valence-corrected chi connectivity index (χ4v) is 4.48. The number of benzene rings is 1. The number of rotatable bonds is 5. The van der Waals surface area contributed by atoms with Gasteiger partial charge in [0.15, 0.2) is 0 Å². The van der Waals surface area contributed by atoms with Gasteiger partial charge in [0.25, 0.3) is 0 Å². The van der Waals surface area contributed by atoms with E-state index in [0.29, 0.717) is 6.54 Å². The van der Waals surface area contributed by atoms with Crippen molar-refractivity contribution in [2.45, 2.75) is 31.8 Å². The van der Waals surface area contributed by atoms with Crippen LogP contribution in [0.2, 0.25) is 0 Å². The van der Waals surface area contributed by atoms with Crippen molar-refractivity contribution in [3.8, 4) is 11.1 Å². The van der Waals surface area contributed by atoms with Gasteiger partial charge in [0.2, 0.25) is 5.91 Å². The second-order valence-corrected chi connectivity index (χ2v) is 8.26. The van der Waals surface area contributed by atoms with Crippen LogP contribution in [0.25, 0.3) is 21.3 Å². The van der Waals surface area contributed by atoms with Gasteiger partial charge in [-0.25, -0.2) is 9.97 Å². The molecule has 2 N–H and O–H groups in total. The summed E-state index contributed by atoms with van der Waals surface area (Å²) in [5.74, 6) is 1.56. The Morgan fingerprint density at radius 2 is 2.04 bits per heavy atom. The Morgan fingerprint density at radius 1 is 1.21 bits per heavy atom. The lowest BCUT2D eigenvalue weighted by Crippen LogP contribution is -2.38. The Labute approximate surface area is 169 Å². The summed E-state index contributed by atoms with van der Waals surface area (Å²) >= 11 is 1.62. The standard InChI is InChI=1S/C21H25N5OS/c1-26(2)12-17-24-19(23-16-10-6-7-11-22-20(16)27)18-15(13-28-21(18)25-17)14-8-4-3-5-9-14/h3-5,8-9,13,16H,6-7,10-12H2,1-2H3,(H,22,27)(H,23,24,25). The molecule has 1 saturated heterocycles. The molecule has 3 aromatic rings. The van der Waals surface area contributed by atoms with Crippen LogP contribution in [-0.4, -0.2) is 47.5 Å². The van der Waals surface area contributed by atoms with Crippen molar-refractivity contribution >= 4 is 33.3 Å². The molecule has 28 heavy (non-hydrogen) atoms. The van der Waals surface area contributed by atoms with E-state index in [1.165, 1.54) is 0 Å². The fraction of sp³-hybridized carbons (Fsp3) is 0.381. The molecule has 1 aliphatic heterocycles. The van der Waals surface area contributed by atoms with Crippen molar-refractivity contribution < 1.29 is 4.79 Å². The van der Waals surface area contributed by atoms with E-state index in [0.717, 1.165) is 58.8 Å². The molecule has 0 radical (unpaired) electrons. The van der Waals surface area contributed by atoms with E-state index in [9.17, 15) is 4.79 Å². The molecule has 6 nitrogen and oxygen atoms in total. The summed E-state index contributed by atoms with van der Waals surface area (Å²) in [4.78, 5) is 25.1. The lowest BCUT2D eigenvalue weighted by atomic mass is 10.1. The molecule has 1 aromatic carbocycles. The molecule has 0 spiro atoms. The van der Waals surface area contributed by atoms with Gasteiger partial charge in [0, 0.05) is 17.5 Å². The molecule has 146 valence electrons. The normalized spacial score (nSPS) is 17.5. The molecule has 1 fully saturated rings. The highest BCUT2D eigenvalue weighted by Gasteiger charge is 2.24. The first kappa shape index (κ1) is 18.8.